The van der Waals surface area contributed by atoms with Crippen LogP contribution in [-0.2, 0) is 23.8 Å². The summed E-state index contributed by atoms with van der Waals surface area (Å²) in [6.07, 6.45) is -4.83. The van der Waals surface area contributed by atoms with E-state index >= 15 is 0 Å². The third-order valence-corrected chi connectivity index (χ3v) is 3.96. The van der Waals surface area contributed by atoms with Crippen LogP contribution in [0.5, 0.6) is 5.75 Å². The lowest BCUT2D eigenvalue weighted by Crippen LogP contribution is -2.49. The van der Waals surface area contributed by atoms with Crippen LogP contribution in [0.4, 0.5) is 13.6 Å². The van der Waals surface area contributed by atoms with Crippen molar-refractivity contribution in [3.8, 4) is 5.75 Å². The summed E-state index contributed by atoms with van der Waals surface area (Å²) < 4.78 is 44.9. The molecule has 12 heteroatoms. The number of alkyl halides is 2. The number of amides is 1. The number of esters is 3. The smallest absolute Gasteiger partial charge is 0.410 e. The summed E-state index contributed by atoms with van der Waals surface area (Å²) in [6, 6.07) is 5.82. The predicted molar refractivity (Wildman–Crippen MR) is 101 cm³/mol. The van der Waals surface area contributed by atoms with Crippen LogP contribution in [0.3, 0.4) is 0 Å². The lowest BCUT2D eigenvalue weighted by Gasteiger charge is -2.27. The van der Waals surface area contributed by atoms with E-state index in [1.165, 1.54) is 25.1 Å². The normalized spacial score (nSPS) is 12.5. The highest BCUT2D eigenvalue weighted by Gasteiger charge is 2.38. The zero-order valence-corrected chi connectivity index (χ0v) is 17.0. The lowest BCUT2D eigenvalue weighted by molar-refractivity contribution is -0.144. The van der Waals surface area contributed by atoms with Crippen molar-refractivity contribution < 1.29 is 46.9 Å². The van der Waals surface area contributed by atoms with Gasteiger partial charge in [0.2, 0.25) is 6.79 Å². The van der Waals surface area contributed by atoms with Gasteiger partial charge < -0.3 is 30.0 Å². The summed E-state index contributed by atoms with van der Waals surface area (Å²) >= 11 is 0. The minimum absolute atomic E-state index is 0.0132. The Morgan fingerprint density at radius 2 is 1.84 bits per heavy atom. The lowest BCUT2D eigenvalue weighted by atomic mass is 9.91. The van der Waals surface area contributed by atoms with Gasteiger partial charge in [-0.3, -0.25) is 9.59 Å². The first-order valence-electron chi connectivity index (χ1n) is 9.08. The maximum atomic E-state index is 13.1. The largest absolute Gasteiger partial charge is 0.469 e. The van der Waals surface area contributed by atoms with E-state index in [1.807, 2.05) is 0 Å². The second kappa shape index (κ2) is 12.4. The second-order valence-electron chi connectivity index (χ2n) is 6.39. The molecule has 172 valence electrons. The third kappa shape index (κ3) is 8.95. The third-order valence-electron chi connectivity index (χ3n) is 3.96. The summed E-state index contributed by atoms with van der Waals surface area (Å²) in [5, 5.41) is 2.27. The van der Waals surface area contributed by atoms with Crippen LogP contribution in [-0.4, -0.2) is 56.4 Å². The van der Waals surface area contributed by atoms with E-state index in [0.29, 0.717) is 0 Å². The van der Waals surface area contributed by atoms with E-state index in [0.717, 1.165) is 7.11 Å². The van der Waals surface area contributed by atoms with Crippen molar-refractivity contribution in [1.29, 1.82) is 0 Å². The van der Waals surface area contributed by atoms with Gasteiger partial charge in [0, 0.05) is 13.5 Å². The summed E-state index contributed by atoms with van der Waals surface area (Å²) in [6.45, 7) is 0.356. The number of hydrogen-bond donors (Lipinski definition) is 2. The number of methoxy groups -OCH3 is 1. The first-order valence-corrected chi connectivity index (χ1v) is 9.08. The van der Waals surface area contributed by atoms with Gasteiger partial charge >= 0.3 is 24.0 Å². The quantitative estimate of drug-likeness (QED) is 0.225. The van der Waals surface area contributed by atoms with Crippen LogP contribution in [0.1, 0.15) is 36.5 Å². The Hall–Kier alpha value is -3.28. The number of nitrogens with two attached hydrogens (primary N) is 1. The van der Waals surface area contributed by atoms with E-state index in [2.05, 4.69) is 14.8 Å². The Labute approximate surface area is 176 Å². The van der Waals surface area contributed by atoms with Crippen LogP contribution in [0.2, 0.25) is 0 Å². The van der Waals surface area contributed by atoms with Crippen molar-refractivity contribution in [1.82, 2.24) is 5.32 Å². The summed E-state index contributed by atoms with van der Waals surface area (Å²) in [5.41, 5.74) is 3.44. The number of carbonyl (C=O) groups is 4. The van der Waals surface area contributed by atoms with Gasteiger partial charge in [-0.2, -0.15) is 0 Å². The molecule has 0 fully saturated rings. The zero-order chi connectivity index (χ0) is 23.4. The Morgan fingerprint density at radius 1 is 1.16 bits per heavy atom. The van der Waals surface area contributed by atoms with Crippen molar-refractivity contribution >= 4 is 24.0 Å². The molecule has 3 N–H and O–H groups in total. The fourth-order valence-corrected chi connectivity index (χ4v) is 2.37. The fourth-order valence-electron chi connectivity index (χ4n) is 2.37. The first-order chi connectivity index (χ1) is 14.6. The Kier molecular flexibility index (Phi) is 10.3. The van der Waals surface area contributed by atoms with Crippen LogP contribution in [0.15, 0.2) is 24.3 Å². The molecule has 10 nitrogen and oxygen atoms in total. The molecule has 0 saturated carbocycles. The van der Waals surface area contributed by atoms with Gasteiger partial charge in [0.25, 0.3) is 6.43 Å². The predicted octanol–water partition coefficient (Wildman–Crippen LogP) is 1.76. The second-order valence-corrected chi connectivity index (χ2v) is 6.39. The number of halogens is 2. The first kappa shape index (κ1) is 25.8. The molecule has 1 aromatic rings. The van der Waals surface area contributed by atoms with Gasteiger partial charge in [0.15, 0.2) is 0 Å². The summed E-state index contributed by atoms with van der Waals surface area (Å²) in [5.74, 6) is -2.40. The number of ether oxygens (including phenoxy) is 4. The molecule has 0 aliphatic heterocycles. The molecule has 0 aromatic heterocycles. The molecule has 31 heavy (non-hydrogen) atoms. The minimum atomic E-state index is -2.96. The zero-order valence-electron chi connectivity index (χ0n) is 17.0. The molecule has 0 radical (unpaired) electrons. The molecule has 1 rings (SSSR count). The van der Waals surface area contributed by atoms with E-state index in [1.54, 1.807) is 6.07 Å². The van der Waals surface area contributed by atoms with E-state index in [4.69, 9.17) is 15.2 Å². The monoisotopic (exact) mass is 446 g/mol. The summed E-state index contributed by atoms with van der Waals surface area (Å²) in [4.78, 5) is 45.9. The highest BCUT2D eigenvalue weighted by Crippen LogP contribution is 2.23. The van der Waals surface area contributed by atoms with Crippen molar-refractivity contribution in [2.75, 3.05) is 20.4 Å². The number of para-hydroxylation sites is 1. The average Bonchev–Trinajstić information content (AvgIpc) is 2.70. The average molecular weight is 446 g/mol. The molecule has 0 spiro atoms. The van der Waals surface area contributed by atoms with Gasteiger partial charge in [0.05, 0.1) is 19.1 Å². The van der Waals surface area contributed by atoms with Crippen LogP contribution < -0.4 is 15.8 Å². The molecule has 0 saturated heterocycles. The standard InChI is InChI=1S/C19H24F2N2O8/c1-12(24)31-14-7-4-3-6-13(14)16(26)29-11-30-18(27)23-9-5-8-19(22,17(20)21)10-15(25)28-2/h3-4,6-7,17H,5,8-11,22H2,1-2H3,(H,23,27). The Morgan fingerprint density at radius 3 is 2.45 bits per heavy atom. The molecule has 1 unspecified atom stereocenters. The number of carbonyl (C=O) groups excluding carboxylic acids is 4. The minimum Gasteiger partial charge on any atom is -0.469 e. The van der Waals surface area contributed by atoms with E-state index in [-0.39, 0.29) is 30.7 Å². The molecule has 1 amide bonds. The number of alkyl carbamates (subject to hydrolysis) is 1. The maximum Gasteiger partial charge on any atom is 0.410 e. The molecule has 1 aromatic carbocycles. The highest BCUT2D eigenvalue weighted by molar-refractivity contribution is 5.93. The van der Waals surface area contributed by atoms with Gasteiger partial charge in [-0.05, 0) is 25.0 Å². The molecule has 1 atom stereocenters. The van der Waals surface area contributed by atoms with Crippen molar-refractivity contribution in [3.63, 3.8) is 0 Å². The van der Waals surface area contributed by atoms with Crippen LogP contribution in [0.25, 0.3) is 0 Å². The number of benzene rings is 1. The highest BCUT2D eigenvalue weighted by atomic mass is 19.3. The van der Waals surface area contributed by atoms with Crippen molar-refractivity contribution in [3.05, 3.63) is 29.8 Å². The molecule has 0 heterocycles. The van der Waals surface area contributed by atoms with Crippen LogP contribution >= 0.6 is 0 Å². The van der Waals surface area contributed by atoms with E-state index < -0.39 is 49.2 Å². The van der Waals surface area contributed by atoms with Crippen molar-refractivity contribution in [2.24, 2.45) is 5.73 Å². The molecule has 0 aliphatic carbocycles. The molecule has 0 aliphatic rings. The molecule has 0 bridgehead atoms. The topological polar surface area (TPSA) is 143 Å². The Bertz CT molecular complexity index is 790. The number of rotatable bonds is 11. The van der Waals surface area contributed by atoms with Crippen molar-refractivity contribution in [2.45, 2.75) is 38.2 Å². The molecular formula is C19H24F2N2O8. The SMILES string of the molecule is COC(=O)CC(N)(CCCNC(=O)OCOC(=O)c1ccccc1OC(C)=O)C(F)F. The Balaban J connectivity index is 2.39. The van der Waals surface area contributed by atoms with Gasteiger partial charge in [-0.25, -0.2) is 18.4 Å². The van der Waals surface area contributed by atoms with Gasteiger partial charge in [-0.1, -0.05) is 12.1 Å². The number of nitrogens with one attached hydrogen (secondary N) is 1. The number of hydrogen-bond acceptors (Lipinski definition) is 9. The van der Waals surface area contributed by atoms with Gasteiger partial charge in [0.1, 0.15) is 11.3 Å². The summed E-state index contributed by atoms with van der Waals surface area (Å²) in [7, 11) is 1.06. The van der Waals surface area contributed by atoms with Crippen LogP contribution in [0, 0.1) is 0 Å². The maximum absolute atomic E-state index is 13.1. The van der Waals surface area contributed by atoms with E-state index in [9.17, 15) is 28.0 Å². The molecular weight excluding hydrogens is 422 g/mol. The van der Waals surface area contributed by atoms with Gasteiger partial charge in [-0.15, -0.1) is 0 Å². The fraction of sp³-hybridized carbons (Fsp3) is 0.474.